The minimum Gasteiger partial charge on any atom is -0.376 e. The summed E-state index contributed by atoms with van der Waals surface area (Å²) in [6.07, 6.45) is 3.14. The van der Waals surface area contributed by atoms with Gasteiger partial charge in [-0.1, -0.05) is 6.07 Å². The maximum Gasteiger partial charge on any atom is 0.191 e. The summed E-state index contributed by atoms with van der Waals surface area (Å²) < 4.78 is 33.5. The van der Waals surface area contributed by atoms with Crippen LogP contribution in [0, 0.1) is 11.6 Å². The molecule has 0 aliphatic carbocycles. The third-order valence-electron chi connectivity index (χ3n) is 4.60. The number of benzene rings is 1. The number of halogens is 2. The van der Waals surface area contributed by atoms with Gasteiger partial charge in [0.25, 0.3) is 0 Å². The second kappa shape index (κ2) is 8.47. The van der Waals surface area contributed by atoms with Crippen molar-refractivity contribution >= 4 is 11.6 Å². The Bertz CT molecular complexity index is 584. The molecule has 138 valence electrons. The monoisotopic (exact) mass is 352 g/mol. The van der Waals surface area contributed by atoms with Crippen molar-refractivity contribution in [1.82, 2.24) is 10.6 Å². The van der Waals surface area contributed by atoms with Gasteiger partial charge in [0.15, 0.2) is 5.96 Å². The number of rotatable bonds is 5. The summed E-state index contributed by atoms with van der Waals surface area (Å²) in [5, 5.41) is 6.60. The van der Waals surface area contributed by atoms with Crippen LogP contribution < -0.4 is 15.5 Å². The second-order valence-corrected chi connectivity index (χ2v) is 6.50. The summed E-state index contributed by atoms with van der Waals surface area (Å²) >= 11 is 0. The molecule has 0 amide bonds. The van der Waals surface area contributed by atoms with Gasteiger partial charge in [-0.25, -0.2) is 8.78 Å². The minimum absolute atomic E-state index is 0.0631. The average molecular weight is 352 g/mol. The normalized spacial score (nSPS) is 24.0. The summed E-state index contributed by atoms with van der Waals surface area (Å²) in [6, 6.07) is 4.08. The zero-order valence-corrected chi connectivity index (χ0v) is 14.6. The van der Waals surface area contributed by atoms with Gasteiger partial charge in [0.1, 0.15) is 17.3 Å². The van der Waals surface area contributed by atoms with Crippen LogP contribution in [0.3, 0.4) is 0 Å². The molecule has 2 saturated heterocycles. The predicted molar refractivity (Wildman–Crippen MR) is 95.1 cm³/mol. The molecular formula is C18H26F2N4O. The van der Waals surface area contributed by atoms with E-state index in [2.05, 4.69) is 15.6 Å². The van der Waals surface area contributed by atoms with Gasteiger partial charge in [0.05, 0.1) is 12.6 Å². The van der Waals surface area contributed by atoms with E-state index in [0.29, 0.717) is 19.6 Å². The summed E-state index contributed by atoms with van der Waals surface area (Å²) in [5.74, 6) is -0.293. The topological polar surface area (TPSA) is 48.9 Å². The number of aliphatic imine (C=N–C) groups is 1. The largest absolute Gasteiger partial charge is 0.376 e. The van der Waals surface area contributed by atoms with Crippen LogP contribution in [-0.4, -0.2) is 50.9 Å². The SMILES string of the molecule is CCNC(=NCC1CCCO1)NC1CCN(c2c(F)cccc2F)C1. The molecule has 2 aliphatic heterocycles. The first-order chi connectivity index (χ1) is 12.2. The molecule has 1 aromatic rings. The molecule has 3 rings (SSSR count). The van der Waals surface area contributed by atoms with Gasteiger partial charge in [0.2, 0.25) is 0 Å². The van der Waals surface area contributed by atoms with Gasteiger partial charge < -0.3 is 20.3 Å². The molecule has 1 aromatic carbocycles. The lowest BCUT2D eigenvalue weighted by atomic mass is 10.2. The van der Waals surface area contributed by atoms with E-state index in [1.165, 1.54) is 18.2 Å². The number of para-hydroxylation sites is 1. The van der Waals surface area contributed by atoms with Crippen LogP contribution >= 0.6 is 0 Å². The van der Waals surface area contributed by atoms with Crippen LogP contribution in [0.1, 0.15) is 26.2 Å². The van der Waals surface area contributed by atoms with Gasteiger partial charge >= 0.3 is 0 Å². The molecule has 2 aliphatic rings. The number of hydrogen-bond donors (Lipinski definition) is 2. The molecule has 2 unspecified atom stereocenters. The molecule has 0 radical (unpaired) electrons. The van der Waals surface area contributed by atoms with E-state index in [1.54, 1.807) is 4.90 Å². The molecule has 0 bridgehead atoms. The third kappa shape index (κ3) is 4.60. The zero-order chi connectivity index (χ0) is 17.6. The molecule has 2 N–H and O–H groups in total. The maximum absolute atomic E-state index is 14.0. The number of nitrogens with one attached hydrogen (secondary N) is 2. The van der Waals surface area contributed by atoms with E-state index in [-0.39, 0.29) is 17.8 Å². The van der Waals surface area contributed by atoms with Crippen molar-refractivity contribution in [3.05, 3.63) is 29.8 Å². The number of nitrogens with zero attached hydrogens (tertiary/aromatic N) is 2. The molecule has 2 fully saturated rings. The van der Waals surface area contributed by atoms with Gasteiger partial charge in [-0.05, 0) is 38.3 Å². The quantitative estimate of drug-likeness (QED) is 0.631. The lowest BCUT2D eigenvalue weighted by Gasteiger charge is -2.21. The average Bonchev–Trinajstić information content (AvgIpc) is 3.25. The smallest absolute Gasteiger partial charge is 0.191 e. The standard InChI is InChI=1S/C18H26F2N4O/c1-2-21-18(22-11-14-5-4-10-25-14)23-13-8-9-24(12-13)17-15(19)6-3-7-16(17)20/h3,6-7,13-14H,2,4-5,8-12H2,1H3,(H2,21,22,23). The van der Waals surface area contributed by atoms with Crippen molar-refractivity contribution in [2.24, 2.45) is 4.99 Å². The van der Waals surface area contributed by atoms with Crippen molar-refractivity contribution < 1.29 is 13.5 Å². The summed E-state index contributed by atoms with van der Waals surface area (Å²) in [5.41, 5.74) is 0.0631. The number of anilines is 1. The molecule has 0 aromatic heterocycles. The molecule has 2 atom stereocenters. The second-order valence-electron chi connectivity index (χ2n) is 6.50. The highest BCUT2D eigenvalue weighted by Crippen LogP contribution is 2.26. The Balaban J connectivity index is 1.59. The Morgan fingerprint density at radius 2 is 2.12 bits per heavy atom. The fourth-order valence-electron chi connectivity index (χ4n) is 3.37. The summed E-state index contributed by atoms with van der Waals surface area (Å²) in [7, 11) is 0. The Labute approximate surface area is 147 Å². The van der Waals surface area contributed by atoms with Crippen molar-refractivity contribution in [2.45, 2.75) is 38.3 Å². The number of guanidine groups is 1. The maximum atomic E-state index is 14.0. The van der Waals surface area contributed by atoms with E-state index in [1.807, 2.05) is 6.92 Å². The zero-order valence-electron chi connectivity index (χ0n) is 14.6. The van der Waals surface area contributed by atoms with Gasteiger partial charge in [-0.2, -0.15) is 0 Å². The van der Waals surface area contributed by atoms with Crippen molar-refractivity contribution in [3.8, 4) is 0 Å². The first kappa shape index (κ1) is 17.9. The van der Waals surface area contributed by atoms with Crippen molar-refractivity contribution in [1.29, 1.82) is 0 Å². The molecule has 0 spiro atoms. The first-order valence-electron chi connectivity index (χ1n) is 9.02. The highest BCUT2D eigenvalue weighted by molar-refractivity contribution is 5.80. The third-order valence-corrected chi connectivity index (χ3v) is 4.60. The summed E-state index contributed by atoms with van der Waals surface area (Å²) in [6.45, 7) is 5.38. The van der Waals surface area contributed by atoms with E-state index in [4.69, 9.17) is 4.74 Å². The molecule has 5 nitrogen and oxygen atoms in total. The van der Waals surface area contributed by atoms with Crippen LogP contribution in [0.5, 0.6) is 0 Å². The van der Waals surface area contributed by atoms with Crippen LogP contribution in [-0.2, 0) is 4.74 Å². The molecular weight excluding hydrogens is 326 g/mol. The van der Waals surface area contributed by atoms with E-state index in [9.17, 15) is 8.78 Å². The van der Waals surface area contributed by atoms with Crippen LogP contribution in [0.2, 0.25) is 0 Å². The van der Waals surface area contributed by atoms with Crippen LogP contribution in [0.15, 0.2) is 23.2 Å². The van der Waals surface area contributed by atoms with Crippen LogP contribution in [0.4, 0.5) is 14.5 Å². The van der Waals surface area contributed by atoms with E-state index >= 15 is 0 Å². The fourth-order valence-corrected chi connectivity index (χ4v) is 3.37. The molecule has 0 saturated carbocycles. The summed E-state index contributed by atoms with van der Waals surface area (Å²) in [4.78, 5) is 6.35. The Hall–Kier alpha value is -1.89. The van der Waals surface area contributed by atoms with Gasteiger partial charge in [-0.15, -0.1) is 0 Å². The number of ether oxygens (including phenoxy) is 1. The van der Waals surface area contributed by atoms with E-state index in [0.717, 1.165) is 38.4 Å². The molecule has 7 heteroatoms. The van der Waals surface area contributed by atoms with Crippen molar-refractivity contribution in [2.75, 3.05) is 37.7 Å². The van der Waals surface area contributed by atoms with E-state index < -0.39 is 11.6 Å². The highest BCUT2D eigenvalue weighted by atomic mass is 19.1. The fraction of sp³-hybridized carbons (Fsp3) is 0.611. The lowest BCUT2D eigenvalue weighted by molar-refractivity contribution is 0.117. The Kier molecular flexibility index (Phi) is 6.07. The minimum atomic E-state index is -0.514. The molecule has 25 heavy (non-hydrogen) atoms. The van der Waals surface area contributed by atoms with Crippen molar-refractivity contribution in [3.63, 3.8) is 0 Å². The van der Waals surface area contributed by atoms with Gasteiger partial charge in [0, 0.05) is 32.3 Å². The van der Waals surface area contributed by atoms with Gasteiger partial charge in [-0.3, -0.25) is 4.99 Å². The Morgan fingerprint density at radius 3 is 2.80 bits per heavy atom. The van der Waals surface area contributed by atoms with Crippen LogP contribution in [0.25, 0.3) is 0 Å². The lowest BCUT2D eigenvalue weighted by Crippen LogP contribution is -2.45. The first-order valence-corrected chi connectivity index (χ1v) is 9.02. The number of hydrogen-bond acceptors (Lipinski definition) is 3. The Morgan fingerprint density at radius 1 is 1.32 bits per heavy atom. The molecule has 2 heterocycles. The predicted octanol–water partition coefficient (Wildman–Crippen LogP) is 2.28. The highest BCUT2D eigenvalue weighted by Gasteiger charge is 2.27.